The van der Waals surface area contributed by atoms with Gasteiger partial charge in [-0.25, -0.2) is 4.52 Å². The van der Waals surface area contributed by atoms with Crippen molar-refractivity contribution in [1.29, 1.82) is 0 Å². The minimum atomic E-state index is 0.279. The zero-order valence-electron chi connectivity index (χ0n) is 13.1. The minimum Gasteiger partial charge on any atom is -0.352 e. The van der Waals surface area contributed by atoms with Crippen molar-refractivity contribution in [2.24, 2.45) is 5.41 Å². The Kier molecular flexibility index (Phi) is 4.63. The summed E-state index contributed by atoms with van der Waals surface area (Å²) in [6.07, 6.45) is 7.06. The Balaban J connectivity index is 1.96. The van der Waals surface area contributed by atoms with Gasteiger partial charge in [-0.1, -0.05) is 46.1 Å². The molecular weight excluding hydrogens is 248 g/mol. The second-order valence-electron chi connectivity index (χ2n) is 6.37. The monoisotopic (exact) mass is 274 g/mol. The van der Waals surface area contributed by atoms with E-state index in [1.165, 1.54) is 25.7 Å². The predicted octanol–water partition coefficient (Wildman–Crippen LogP) is 4.06. The summed E-state index contributed by atoms with van der Waals surface area (Å²) < 4.78 is 1.84. The number of rotatable bonds is 7. The Morgan fingerprint density at radius 1 is 1.30 bits per heavy atom. The van der Waals surface area contributed by atoms with Crippen LogP contribution in [0.15, 0.2) is 18.3 Å². The van der Waals surface area contributed by atoms with E-state index in [4.69, 9.17) is 0 Å². The van der Waals surface area contributed by atoms with E-state index in [2.05, 4.69) is 49.2 Å². The first-order valence-electron chi connectivity index (χ1n) is 7.58. The zero-order valence-corrected chi connectivity index (χ0v) is 13.1. The highest BCUT2D eigenvalue weighted by atomic mass is 15.3. The third-order valence-electron chi connectivity index (χ3n) is 3.74. The molecule has 0 aromatic carbocycles. The summed E-state index contributed by atoms with van der Waals surface area (Å²) in [4.78, 5) is 4.55. The van der Waals surface area contributed by atoms with Crippen molar-refractivity contribution in [2.75, 3.05) is 11.9 Å². The van der Waals surface area contributed by atoms with Crippen LogP contribution < -0.4 is 5.32 Å². The molecular formula is C16H26N4. The zero-order chi connectivity index (χ0) is 14.6. The third kappa shape index (κ3) is 3.71. The minimum absolute atomic E-state index is 0.279. The van der Waals surface area contributed by atoms with Crippen LogP contribution in [-0.2, 0) is 0 Å². The van der Waals surface area contributed by atoms with E-state index >= 15 is 0 Å². The van der Waals surface area contributed by atoms with E-state index in [1.54, 1.807) is 0 Å². The number of anilines is 1. The van der Waals surface area contributed by atoms with Gasteiger partial charge in [-0.3, -0.25) is 0 Å². The molecule has 0 atom stereocenters. The van der Waals surface area contributed by atoms with E-state index in [0.717, 1.165) is 23.7 Å². The predicted molar refractivity (Wildman–Crippen MR) is 84.1 cm³/mol. The van der Waals surface area contributed by atoms with Crippen LogP contribution in [0.3, 0.4) is 0 Å². The molecule has 1 N–H and O–H groups in total. The molecule has 0 aliphatic carbocycles. The van der Waals surface area contributed by atoms with E-state index in [0.29, 0.717) is 0 Å². The van der Waals surface area contributed by atoms with Gasteiger partial charge in [0.1, 0.15) is 0 Å². The number of unbranched alkanes of at least 4 members (excludes halogenated alkanes) is 2. The number of aryl methyl sites for hydroxylation is 1. The van der Waals surface area contributed by atoms with Gasteiger partial charge >= 0.3 is 0 Å². The average molecular weight is 274 g/mol. The van der Waals surface area contributed by atoms with Gasteiger partial charge in [-0.15, -0.1) is 5.10 Å². The number of nitrogens with one attached hydrogen (secondary N) is 1. The molecule has 0 aliphatic heterocycles. The molecule has 2 aromatic rings. The molecule has 4 nitrogen and oxygen atoms in total. The second-order valence-corrected chi connectivity index (χ2v) is 6.37. The standard InChI is InChI=1S/C16H26N4/c1-5-6-7-10-16(3,4)12-17-15-18-14-13(2)9-8-11-20(14)19-15/h8-9,11H,5-7,10,12H2,1-4H3,(H,17,19). The first-order chi connectivity index (χ1) is 9.52. The molecule has 2 heterocycles. The molecule has 2 aromatic heterocycles. The van der Waals surface area contributed by atoms with Crippen molar-refractivity contribution in [3.05, 3.63) is 23.9 Å². The quantitative estimate of drug-likeness (QED) is 0.774. The third-order valence-corrected chi connectivity index (χ3v) is 3.74. The lowest BCUT2D eigenvalue weighted by Gasteiger charge is -2.24. The van der Waals surface area contributed by atoms with E-state index in [1.807, 2.05) is 16.8 Å². The van der Waals surface area contributed by atoms with Crippen molar-refractivity contribution in [3.8, 4) is 0 Å². The molecule has 110 valence electrons. The molecule has 0 fully saturated rings. The lowest BCUT2D eigenvalue weighted by Crippen LogP contribution is -2.23. The van der Waals surface area contributed by atoms with Gasteiger partial charge in [0, 0.05) is 12.7 Å². The van der Waals surface area contributed by atoms with Gasteiger partial charge in [-0.05, 0) is 30.4 Å². The second kappa shape index (κ2) is 6.25. The van der Waals surface area contributed by atoms with Crippen LogP contribution in [0.25, 0.3) is 5.65 Å². The van der Waals surface area contributed by atoms with Crippen molar-refractivity contribution in [3.63, 3.8) is 0 Å². The van der Waals surface area contributed by atoms with Gasteiger partial charge in [0.05, 0.1) is 0 Å². The van der Waals surface area contributed by atoms with E-state index in [-0.39, 0.29) is 5.41 Å². The number of nitrogens with zero attached hydrogens (tertiary/aromatic N) is 3. The number of hydrogen-bond donors (Lipinski definition) is 1. The summed E-state index contributed by atoms with van der Waals surface area (Å²) in [7, 11) is 0. The van der Waals surface area contributed by atoms with Crippen LogP contribution in [0.4, 0.5) is 5.95 Å². The van der Waals surface area contributed by atoms with Crippen LogP contribution in [0.1, 0.15) is 52.0 Å². The summed E-state index contributed by atoms with van der Waals surface area (Å²) in [5.74, 6) is 0.725. The summed E-state index contributed by atoms with van der Waals surface area (Å²) in [6, 6.07) is 4.05. The van der Waals surface area contributed by atoms with Crippen LogP contribution in [0.2, 0.25) is 0 Å². The first-order valence-corrected chi connectivity index (χ1v) is 7.58. The molecule has 0 saturated heterocycles. The fraction of sp³-hybridized carbons (Fsp3) is 0.625. The molecule has 0 aliphatic rings. The molecule has 0 radical (unpaired) electrons. The van der Waals surface area contributed by atoms with Crippen LogP contribution in [0.5, 0.6) is 0 Å². The van der Waals surface area contributed by atoms with E-state index < -0.39 is 0 Å². The lowest BCUT2D eigenvalue weighted by molar-refractivity contribution is 0.342. The van der Waals surface area contributed by atoms with Crippen molar-refractivity contribution >= 4 is 11.6 Å². The molecule has 2 rings (SSSR count). The highest BCUT2D eigenvalue weighted by molar-refractivity contribution is 5.49. The summed E-state index contributed by atoms with van der Waals surface area (Å²) in [6.45, 7) is 9.82. The van der Waals surface area contributed by atoms with Crippen LogP contribution in [-0.4, -0.2) is 21.1 Å². The number of hydrogen-bond acceptors (Lipinski definition) is 3. The largest absolute Gasteiger partial charge is 0.352 e. The summed E-state index contributed by atoms with van der Waals surface area (Å²) in [5, 5.41) is 7.85. The first kappa shape index (κ1) is 14.8. The van der Waals surface area contributed by atoms with Crippen LogP contribution >= 0.6 is 0 Å². The van der Waals surface area contributed by atoms with Gasteiger partial charge < -0.3 is 5.32 Å². The summed E-state index contributed by atoms with van der Waals surface area (Å²) in [5.41, 5.74) is 2.36. The molecule has 0 spiro atoms. The molecule has 4 heteroatoms. The SMILES string of the molecule is CCCCCC(C)(C)CNc1nc2c(C)cccn2n1. The number of fused-ring (bicyclic) bond motifs is 1. The topological polar surface area (TPSA) is 42.2 Å². The highest BCUT2D eigenvalue weighted by Crippen LogP contribution is 2.24. The van der Waals surface area contributed by atoms with Crippen molar-refractivity contribution in [2.45, 2.75) is 53.4 Å². The smallest absolute Gasteiger partial charge is 0.243 e. The maximum absolute atomic E-state index is 4.55. The average Bonchev–Trinajstić information content (AvgIpc) is 2.81. The highest BCUT2D eigenvalue weighted by Gasteiger charge is 2.18. The van der Waals surface area contributed by atoms with Crippen LogP contribution in [0, 0.1) is 12.3 Å². The molecule has 0 saturated carbocycles. The van der Waals surface area contributed by atoms with E-state index in [9.17, 15) is 0 Å². The van der Waals surface area contributed by atoms with Crippen molar-refractivity contribution in [1.82, 2.24) is 14.6 Å². The molecule has 0 amide bonds. The van der Waals surface area contributed by atoms with Gasteiger partial charge in [0.15, 0.2) is 5.65 Å². The Bertz CT molecular complexity index is 557. The fourth-order valence-electron chi connectivity index (χ4n) is 2.37. The lowest BCUT2D eigenvalue weighted by atomic mass is 9.87. The normalized spacial score (nSPS) is 12.0. The Morgan fingerprint density at radius 2 is 2.10 bits per heavy atom. The van der Waals surface area contributed by atoms with Gasteiger partial charge in [0.2, 0.25) is 5.95 Å². The van der Waals surface area contributed by atoms with Gasteiger partial charge in [0.25, 0.3) is 0 Å². The maximum atomic E-state index is 4.55. The molecule has 0 bridgehead atoms. The van der Waals surface area contributed by atoms with Gasteiger partial charge in [-0.2, -0.15) is 4.98 Å². The fourth-order valence-corrected chi connectivity index (χ4v) is 2.37. The Labute approximate surface area is 121 Å². The number of aromatic nitrogens is 3. The Morgan fingerprint density at radius 3 is 2.80 bits per heavy atom. The molecule has 0 unspecified atom stereocenters. The maximum Gasteiger partial charge on any atom is 0.243 e. The van der Waals surface area contributed by atoms with Crippen molar-refractivity contribution < 1.29 is 0 Å². The Hall–Kier alpha value is -1.58. The number of pyridine rings is 1. The molecule has 20 heavy (non-hydrogen) atoms. The summed E-state index contributed by atoms with van der Waals surface area (Å²) >= 11 is 0.